The fourth-order valence-electron chi connectivity index (χ4n) is 3.37. The number of carbonyl (C=O) groups is 4. The van der Waals surface area contributed by atoms with E-state index in [-0.39, 0.29) is 24.7 Å². The molecule has 0 radical (unpaired) electrons. The Hall–Kier alpha value is -3.23. The van der Waals surface area contributed by atoms with Crippen molar-refractivity contribution in [3.05, 3.63) is 35.7 Å². The van der Waals surface area contributed by atoms with Crippen LogP contribution < -0.4 is 0 Å². The van der Waals surface area contributed by atoms with Gasteiger partial charge in [0.05, 0.1) is 35.9 Å². The lowest BCUT2D eigenvalue weighted by Gasteiger charge is -2.29. The molecule has 0 aromatic carbocycles. The first-order chi connectivity index (χ1) is 14.1. The van der Waals surface area contributed by atoms with Crippen LogP contribution in [-0.2, 0) is 23.9 Å². The second-order valence-corrected chi connectivity index (χ2v) is 7.09. The van der Waals surface area contributed by atoms with Gasteiger partial charge in [0, 0.05) is 6.20 Å². The molecule has 0 amide bonds. The summed E-state index contributed by atoms with van der Waals surface area (Å²) in [4.78, 5) is 51.3. The number of aliphatic carboxylic acids is 1. The lowest BCUT2D eigenvalue weighted by atomic mass is 9.72. The number of hydrogen-bond donors (Lipinski definition) is 1. The Bertz CT molecular complexity index is 959. The maximum absolute atomic E-state index is 13.6. The van der Waals surface area contributed by atoms with Crippen LogP contribution in [0.4, 0.5) is 0 Å². The van der Waals surface area contributed by atoms with Gasteiger partial charge in [0.15, 0.2) is 5.78 Å². The van der Waals surface area contributed by atoms with Gasteiger partial charge >= 0.3 is 17.9 Å². The SMILES string of the molecule is CCOC(=O)C(C(=O)O)(C(=O)OCC)C(C)C(=O)c1c(C(C)C)nn2ccccc12. The number of carboxylic acids is 1. The van der Waals surface area contributed by atoms with Crippen molar-refractivity contribution in [2.75, 3.05) is 13.2 Å². The first-order valence-corrected chi connectivity index (χ1v) is 9.73. The molecule has 2 aromatic heterocycles. The minimum Gasteiger partial charge on any atom is -0.480 e. The molecule has 0 saturated heterocycles. The number of nitrogens with zero attached hydrogens (tertiary/aromatic N) is 2. The van der Waals surface area contributed by atoms with Crippen LogP contribution in [0.15, 0.2) is 24.4 Å². The van der Waals surface area contributed by atoms with Crippen LogP contribution in [-0.4, -0.2) is 51.6 Å². The summed E-state index contributed by atoms with van der Waals surface area (Å²) in [7, 11) is 0. The molecule has 2 aromatic rings. The third-order valence-corrected chi connectivity index (χ3v) is 4.94. The fraction of sp³-hybridized carbons (Fsp3) is 0.476. The third kappa shape index (κ3) is 3.67. The number of pyridine rings is 1. The van der Waals surface area contributed by atoms with Crippen LogP contribution >= 0.6 is 0 Å². The number of ketones is 1. The van der Waals surface area contributed by atoms with Gasteiger partial charge in [0.25, 0.3) is 5.41 Å². The minimum atomic E-state index is -2.83. The summed E-state index contributed by atoms with van der Waals surface area (Å²) < 4.78 is 11.3. The van der Waals surface area contributed by atoms with Crippen molar-refractivity contribution >= 4 is 29.2 Å². The molecular weight excluding hydrogens is 392 g/mol. The largest absolute Gasteiger partial charge is 0.480 e. The number of rotatable bonds is 9. The first kappa shape index (κ1) is 23.1. The average molecular weight is 418 g/mol. The zero-order valence-electron chi connectivity index (χ0n) is 17.7. The molecule has 0 aliphatic carbocycles. The van der Waals surface area contributed by atoms with Crippen molar-refractivity contribution in [1.82, 2.24) is 9.61 Å². The van der Waals surface area contributed by atoms with Crippen LogP contribution in [0.5, 0.6) is 0 Å². The summed E-state index contributed by atoms with van der Waals surface area (Å²) in [6.45, 7) is 7.52. The second-order valence-electron chi connectivity index (χ2n) is 7.09. The number of hydrogen-bond acceptors (Lipinski definition) is 7. The summed E-state index contributed by atoms with van der Waals surface area (Å²) >= 11 is 0. The smallest absolute Gasteiger partial charge is 0.335 e. The molecule has 2 heterocycles. The van der Waals surface area contributed by atoms with Gasteiger partial charge in [-0.25, -0.2) is 4.52 Å². The van der Waals surface area contributed by atoms with E-state index in [4.69, 9.17) is 9.47 Å². The molecule has 2 rings (SSSR count). The minimum absolute atomic E-state index is 0.164. The number of ether oxygens (including phenoxy) is 2. The van der Waals surface area contributed by atoms with Crippen molar-refractivity contribution in [3.8, 4) is 0 Å². The predicted octanol–water partition coefficient (Wildman–Crippen LogP) is 2.47. The van der Waals surface area contributed by atoms with Crippen molar-refractivity contribution < 1.29 is 33.8 Å². The summed E-state index contributed by atoms with van der Waals surface area (Å²) in [6.07, 6.45) is 1.66. The number of esters is 2. The first-order valence-electron chi connectivity index (χ1n) is 9.73. The molecule has 162 valence electrons. The molecule has 0 saturated carbocycles. The molecule has 0 bridgehead atoms. The summed E-state index contributed by atoms with van der Waals surface area (Å²) in [5, 5.41) is 14.4. The van der Waals surface area contributed by atoms with Gasteiger partial charge in [-0.1, -0.05) is 26.8 Å². The molecule has 1 N–H and O–H groups in total. The van der Waals surface area contributed by atoms with Gasteiger partial charge in [-0.15, -0.1) is 0 Å². The van der Waals surface area contributed by atoms with Crippen LogP contribution in [0.1, 0.15) is 56.6 Å². The molecule has 0 fully saturated rings. The van der Waals surface area contributed by atoms with E-state index in [1.807, 2.05) is 13.8 Å². The van der Waals surface area contributed by atoms with E-state index in [0.29, 0.717) is 11.2 Å². The highest BCUT2D eigenvalue weighted by Gasteiger charge is 2.63. The molecular formula is C21H26N2O7. The maximum atomic E-state index is 13.6. The Labute approximate surface area is 174 Å². The zero-order chi connectivity index (χ0) is 22.6. The van der Waals surface area contributed by atoms with Gasteiger partial charge < -0.3 is 14.6 Å². The molecule has 1 atom stereocenters. The molecule has 9 heteroatoms. The van der Waals surface area contributed by atoms with Crippen LogP contribution in [0.25, 0.3) is 5.52 Å². The highest BCUT2D eigenvalue weighted by atomic mass is 16.6. The Kier molecular flexibility index (Phi) is 6.96. The van der Waals surface area contributed by atoms with E-state index in [9.17, 15) is 24.3 Å². The van der Waals surface area contributed by atoms with Gasteiger partial charge in [0.2, 0.25) is 0 Å². The fourth-order valence-corrected chi connectivity index (χ4v) is 3.37. The molecule has 0 spiro atoms. The quantitative estimate of drug-likeness (QED) is 0.374. The van der Waals surface area contributed by atoms with E-state index in [1.54, 1.807) is 24.4 Å². The normalized spacial score (nSPS) is 12.6. The standard InChI is InChI=1S/C21H26N2O7/c1-6-29-19(27)21(18(25)26,20(28)30-7-2)13(5)17(24)15-14-10-8-9-11-23(14)22-16(15)12(3)4/h8-13H,6-7H2,1-5H3,(H,25,26). The van der Waals surface area contributed by atoms with E-state index in [2.05, 4.69) is 5.10 Å². The monoisotopic (exact) mass is 418 g/mol. The molecule has 1 unspecified atom stereocenters. The van der Waals surface area contributed by atoms with Crippen LogP contribution in [0.3, 0.4) is 0 Å². The van der Waals surface area contributed by atoms with Crippen molar-refractivity contribution in [2.45, 2.75) is 40.5 Å². The molecule has 0 aliphatic rings. The Morgan fingerprint density at radius 3 is 2.10 bits per heavy atom. The second kappa shape index (κ2) is 9.06. The average Bonchev–Trinajstić information content (AvgIpc) is 3.08. The zero-order valence-corrected chi connectivity index (χ0v) is 17.7. The predicted molar refractivity (Wildman–Crippen MR) is 106 cm³/mol. The van der Waals surface area contributed by atoms with Crippen molar-refractivity contribution in [1.29, 1.82) is 0 Å². The number of Topliss-reactive ketones (excluding diaryl/α,β-unsaturated/α-hetero) is 1. The van der Waals surface area contributed by atoms with Crippen molar-refractivity contribution in [2.24, 2.45) is 11.3 Å². The number of aromatic nitrogens is 2. The highest BCUT2D eigenvalue weighted by Crippen LogP contribution is 2.37. The maximum Gasteiger partial charge on any atom is 0.335 e. The van der Waals surface area contributed by atoms with Gasteiger partial charge in [-0.05, 0) is 31.9 Å². The summed E-state index contributed by atoms with van der Waals surface area (Å²) in [6, 6.07) is 5.11. The topological polar surface area (TPSA) is 124 Å². The summed E-state index contributed by atoms with van der Waals surface area (Å²) in [5.41, 5.74) is -1.78. The lowest BCUT2D eigenvalue weighted by Crippen LogP contribution is -2.55. The van der Waals surface area contributed by atoms with E-state index in [0.717, 1.165) is 0 Å². The van der Waals surface area contributed by atoms with E-state index < -0.39 is 35.0 Å². The van der Waals surface area contributed by atoms with Crippen LogP contribution in [0.2, 0.25) is 0 Å². The number of carbonyl (C=O) groups excluding carboxylic acids is 3. The molecule has 0 aliphatic heterocycles. The van der Waals surface area contributed by atoms with Gasteiger partial charge in [-0.2, -0.15) is 5.10 Å². The van der Waals surface area contributed by atoms with Crippen molar-refractivity contribution in [3.63, 3.8) is 0 Å². The third-order valence-electron chi connectivity index (χ3n) is 4.94. The Morgan fingerprint density at radius 1 is 1.07 bits per heavy atom. The highest BCUT2D eigenvalue weighted by molar-refractivity contribution is 6.22. The molecule has 30 heavy (non-hydrogen) atoms. The number of carboxylic acid groups (broad SMARTS) is 1. The van der Waals surface area contributed by atoms with Crippen LogP contribution in [0, 0.1) is 11.3 Å². The van der Waals surface area contributed by atoms with E-state index in [1.165, 1.54) is 25.3 Å². The van der Waals surface area contributed by atoms with Gasteiger partial charge in [0.1, 0.15) is 0 Å². The Morgan fingerprint density at radius 2 is 1.63 bits per heavy atom. The van der Waals surface area contributed by atoms with Gasteiger partial charge in [-0.3, -0.25) is 19.2 Å². The lowest BCUT2D eigenvalue weighted by molar-refractivity contribution is -0.184. The van der Waals surface area contributed by atoms with E-state index >= 15 is 0 Å². The molecule has 9 nitrogen and oxygen atoms in total. The Balaban J connectivity index is 2.73. The summed E-state index contributed by atoms with van der Waals surface area (Å²) in [5.74, 6) is -6.94. The number of fused-ring (bicyclic) bond motifs is 1.